The first-order valence-electron chi connectivity index (χ1n) is 9.93. The van der Waals surface area contributed by atoms with Crippen LogP contribution in [0.25, 0.3) is 0 Å². The molecule has 3 rings (SSSR count). The highest BCUT2D eigenvalue weighted by molar-refractivity contribution is 6.05. The molecular formula is C21H26N2O5. The average molecular weight is 386 g/mol. The minimum absolute atomic E-state index is 0.0528. The molecule has 2 atom stereocenters. The number of hydrogen-bond acceptors (Lipinski definition) is 5. The van der Waals surface area contributed by atoms with Crippen LogP contribution < -0.4 is 5.32 Å². The van der Waals surface area contributed by atoms with Crippen molar-refractivity contribution in [1.82, 2.24) is 4.90 Å². The number of carbonyl (C=O) groups is 4. The Balaban J connectivity index is 1.50. The van der Waals surface area contributed by atoms with E-state index in [0.717, 1.165) is 32.1 Å². The van der Waals surface area contributed by atoms with E-state index in [1.165, 1.54) is 4.90 Å². The van der Waals surface area contributed by atoms with E-state index in [-0.39, 0.29) is 42.5 Å². The second-order valence-corrected chi connectivity index (χ2v) is 7.34. The van der Waals surface area contributed by atoms with Crippen LogP contribution in [-0.2, 0) is 19.1 Å². The van der Waals surface area contributed by atoms with Gasteiger partial charge >= 0.3 is 5.97 Å². The summed E-state index contributed by atoms with van der Waals surface area (Å²) in [5, 5.41) is 2.73. The summed E-state index contributed by atoms with van der Waals surface area (Å²) in [5.74, 6) is -1.31. The molecule has 2 fully saturated rings. The van der Waals surface area contributed by atoms with Crippen LogP contribution >= 0.6 is 0 Å². The van der Waals surface area contributed by atoms with Gasteiger partial charge in [0.05, 0.1) is 24.0 Å². The van der Waals surface area contributed by atoms with Gasteiger partial charge in [0.2, 0.25) is 17.7 Å². The van der Waals surface area contributed by atoms with Crippen molar-refractivity contribution >= 4 is 29.4 Å². The smallest absolute Gasteiger partial charge is 0.338 e. The fraction of sp³-hybridized carbons (Fsp3) is 0.524. The Morgan fingerprint density at radius 2 is 1.68 bits per heavy atom. The van der Waals surface area contributed by atoms with Gasteiger partial charge in [0.25, 0.3) is 0 Å². The molecule has 0 aromatic heterocycles. The van der Waals surface area contributed by atoms with Gasteiger partial charge in [-0.25, -0.2) is 4.79 Å². The van der Waals surface area contributed by atoms with Crippen molar-refractivity contribution < 1.29 is 23.9 Å². The Labute approximate surface area is 164 Å². The average Bonchev–Trinajstić information content (AvgIpc) is 2.95. The highest BCUT2D eigenvalue weighted by atomic mass is 16.5. The summed E-state index contributed by atoms with van der Waals surface area (Å²) in [5.41, 5.74) is 0.965. The summed E-state index contributed by atoms with van der Waals surface area (Å²) in [4.78, 5) is 50.1. The van der Waals surface area contributed by atoms with Crippen molar-refractivity contribution in [2.75, 3.05) is 18.5 Å². The number of likely N-dealkylation sites (tertiary alicyclic amines) is 1. The standard InChI is InChI=1S/C21H26N2O5/c1-2-13-28-21(27)14-7-9-15(10-8-14)22-18(24)11-12-23-19(25)16-5-3-4-6-17(16)20(23)26/h7-10,16-17H,2-6,11-13H2,1H3,(H,22,24)/t16-,17-/m1/s1. The molecule has 1 aromatic carbocycles. The first-order valence-corrected chi connectivity index (χ1v) is 9.93. The second kappa shape index (κ2) is 8.99. The van der Waals surface area contributed by atoms with Gasteiger partial charge in [-0.1, -0.05) is 19.8 Å². The summed E-state index contributed by atoms with van der Waals surface area (Å²) in [6.45, 7) is 2.40. The Morgan fingerprint density at radius 1 is 1.07 bits per heavy atom. The van der Waals surface area contributed by atoms with E-state index in [1.807, 2.05) is 6.92 Å². The summed E-state index contributed by atoms with van der Waals surface area (Å²) >= 11 is 0. The number of hydrogen-bond donors (Lipinski definition) is 1. The van der Waals surface area contributed by atoms with Gasteiger partial charge in [0.1, 0.15) is 0 Å². The lowest BCUT2D eigenvalue weighted by atomic mass is 9.81. The Kier molecular flexibility index (Phi) is 6.44. The molecule has 1 saturated carbocycles. The summed E-state index contributed by atoms with van der Waals surface area (Å²) in [6, 6.07) is 6.43. The van der Waals surface area contributed by atoms with Gasteiger partial charge in [0.15, 0.2) is 0 Å². The molecule has 2 aliphatic rings. The molecule has 7 heteroatoms. The lowest BCUT2D eigenvalue weighted by Crippen LogP contribution is -2.34. The molecule has 1 N–H and O–H groups in total. The van der Waals surface area contributed by atoms with Crippen molar-refractivity contribution in [1.29, 1.82) is 0 Å². The van der Waals surface area contributed by atoms with E-state index < -0.39 is 5.97 Å². The van der Waals surface area contributed by atoms with E-state index in [1.54, 1.807) is 24.3 Å². The van der Waals surface area contributed by atoms with Gasteiger partial charge < -0.3 is 10.1 Å². The van der Waals surface area contributed by atoms with Gasteiger partial charge in [-0.05, 0) is 43.5 Å². The predicted molar refractivity (Wildman–Crippen MR) is 102 cm³/mol. The first kappa shape index (κ1) is 20.0. The maximum absolute atomic E-state index is 12.4. The molecule has 0 unspecified atom stereocenters. The number of benzene rings is 1. The van der Waals surface area contributed by atoms with Crippen LogP contribution in [0.5, 0.6) is 0 Å². The molecule has 1 aliphatic carbocycles. The van der Waals surface area contributed by atoms with E-state index in [2.05, 4.69) is 5.32 Å². The number of ether oxygens (including phenoxy) is 1. The third-order valence-electron chi connectivity index (χ3n) is 5.34. The van der Waals surface area contributed by atoms with Gasteiger partial charge in [-0.15, -0.1) is 0 Å². The number of amides is 3. The molecule has 0 radical (unpaired) electrons. The van der Waals surface area contributed by atoms with E-state index in [4.69, 9.17) is 4.74 Å². The molecule has 1 heterocycles. The van der Waals surface area contributed by atoms with Crippen LogP contribution in [-0.4, -0.2) is 41.7 Å². The third-order valence-corrected chi connectivity index (χ3v) is 5.34. The quantitative estimate of drug-likeness (QED) is 0.575. The lowest BCUT2D eigenvalue weighted by molar-refractivity contribution is -0.140. The van der Waals surface area contributed by atoms with Crippen LogP contribution in [0.3, 0.4) is 0 Å². The van der Waals surface area contributed by atoms with Crippen LogP contribution in [0, 0.1) is 11.8 Å². The monoisotopic (exact) mass is 386 g/mol. The maximum Gasteiger partial charge on any atom is 0.338 e. The number of rotatable bonds is 7. The van der Waals surface area contributed by atoms with Crippen LogP contribution in [0.4, 0.5) is 5.69 Å². The normalized spacial score (nSPS) is 21.4. The number of nitrogens with zero attached hydrogens (tertiary/aromatic N) is 1. The summed E-state index contributed by atoms with van der Waals surface area (Å²) in [7, 11) is 0. The zero-order chi connectivity index (χ0) is 20.1. The molecule has 150 valence electrons. The van der Waals surface area contributed by atoms with Crippen molar-refractivity contribution in [2.45, 2.75) is 45.4 Å². The number of imide groups is 1. The topological polar surface area (TPSA) is 92.8 Å². The minimum Gasteiger partial charge on any atom is -0.462 e. The molecule has 1 saturated heterocycles. The molecule has 0 spiro atoms. The summed E-state index contributed by atoms with van der Waals surface area (Å²) < 4.78 is 5.06. The fourth-order valence-corrected chi connectivity index (χ4v) is 3.86. The van der Waals surface area contributed by atoms with E-state index in [9.17, 15) is 19.2 Å². The third kappa shape index (κ3) is 4.40. The molecule has 7 nitrogen and oxygen atoms in total. The van der Waals surface area contributed by atoms with Gasteiger partial charge in [0, 0.05) is 18.7 Å². The highest BCUT2D eigenvalue weighted by Gasteiger charge is 2.47. The Hall–Kier alpha value is -2.70. The van der Waals surface area contributed by atoms with Gasteiger partial charge in [-0.3, -0.25) is 19.3 Å². The molecule has 28 heavy (non-hydrogen) atoms. The van der Waals surface area contributed by atoms with E-state index >= 15 is 0 Å². The van der Waals surface area contributed by atoms with E-state index in [0.29, 0.717) is 17.9 Å². The second-order valence-electron chi connectivity index (χ2n) is 7.34. The number of nitrogens with one attached hydrogen (secondary N) is 1. The van der Waals surface area contributed by atoms with Crippen LogP contribution in [0.15, 0.2) is 24.3 Å². The lowest BCUT2D eigenvalue weighted by Gasteiger charge is -2.19. The number of anilines is 1. The molecular weight excluding hydrogens is 360 g/mol. The fourth-order valence-electron chi connectivity index (χ4n) is 3.86. The molecule has 0 bridgehead atoms. The number of carbonyl (C=O) groups excluding carboxylic acids is 4. The zero-order valence-electron chi connectivity index (χ0n) is 16.1. The van der Waals surface area contributed by atoms with Gasteiger partial charge in [-0.2, -0.15) is 0 Å². The number of esters is 1. The molecule has 1 aliphatic heterocycles. The first-order chi connectivity index (χ1) is 13.5. The molecule has 3 amide bonds. The van der Waals surface area contributed by atoms with Crippen molar-refractivity contribution in [2.24, 2.45) is 11.8 Å². The maximum atomic E-state index is 12.4. The Bertz CT molecular complexity index is 735. The SMILES string of the molecule is CCCOC(=O)c1ccc(NC(=O)CCN2C(=O)[C@@H]3CCCC[C@H]3C2=O)cc1. The zero-order valence-corrected chi connectivity index (χ0v) is 16.1. The number of fused-ring (bicyclic) bond motifs is 1. The van der Waals surface area contributed by atoms with Crippen LogP contribution in [0.2, 0.25) is 0 Å². The van der Waals surface area contributed by atoms with Crippen molar-refractivity contribution in [3.63, 3.8) is 0 Å². The molecule has 1 aromatic rings. The highest BCUT2D eigenvalue weighted by Crippen LogP contribution is 2.37. The Morgan fingerprint density at radius 3 is 2.25 bits per heavy atom. The largest absolute Gasteiger partial charge is 0.462 e. The minimum atomic E-state index is -0.396. The predicted octanol–water partition coefficient (Wildman–Crippen LogP) is 2.76. The van der Waals surface area contributed by atoms with Crippen molar-refractivity contribution in [3.8, 4) is 0 Å². The van der Waals surface area contributed by atoms with Crippen molar-refractivity contribution in [3.05, 3.63) is 29.8 Å². The van der Waals surface area contributed by atoms with Crippen LogP contribution in [0.1, 0.15) is 55.8 Å². The summed E-state index contributed by atoms with van der Waals surface area (Å²) in [6.07, 6.45) is 4.31.